The third-order valence-electron chi connectivity index (χ3n) is 5.76. The Labute approximate surface area is 181 Å². The van der Waals surface area contributed by atoms with Gasteiger partial charge in [-0.25, -0.2) is 23.1 Å². The predicted octanol–water partition coefficient (Wildman–Crippen LogP) is 3.87. The van der Waals surface area contributed by atoms with E-state index in [4.69, 9.17) is 4.74 Å². The summed E-state index contributed by atoms with van der Waals surface area (Å²) >= 11 is 0. The summed E-state index contributed by atoms with van der Waals surface area (Å²) in [5, 5.41) is 14.5. The Morgan fingerprint density at radius 1 is 1.22 bits per heavy atom. The number of nitrogens with one attached hydrogen (secondary N) is 2. The molecule has 3 aromatic rings. The summed E-state index contributed by atoms with van der Waals surface area (Å²) in [5.74, 6) is -0.347. The van der Waals surface area contributed by atoms with Crippen LogP contribution in [0.2, 0.25) is 0 Å². The van der Waals surface area contributed by atoms with Crippen molar-refractivity contribution in [2.24, 2.45) is 0 Å². The molecule has 1 fully saturated rings. The normalized spacial score (nSPS) is 17.0. The van der Waals surface area contributed by atoms with Crippen molar-refractivity contribution in [1.29, 1.82) is 0 Å². The molecule has 1 saturated heterocycles. The summed E-state index contributed by atoms with van der Waals surface area (Å²) < 4.78 is 46.1. The Kier molecular flexibility index (Phi) is 5.91. The summed E-state index contributed by atoms with van der Waals surface area (Å²) in [7, 11) is 0. The van der Waals surface area contributed by atoms with Crippen LogP contribution in [-0.2, 0) is 10.3 Å². The molecule has 0 unspecified atom stereocenters. The fourth-order valence-corrected chi connectivity index (χ4v) is 3.99. The highest BCUT2D eigenvalue weighted by Gasteiger charge is 2.35. The van der Waals surface area contributed by atoms with E-state index in [0.29, 0.717) is 24.4 Å². The first-order valence-electron chi connectivity index (χ1n) is 10.2. The molecule has 0 spiro atoms. The number of aromatic nitrogens is 3. The van der Waals surface area contributed by atoms with Crippen molar-refractivity contribution in [2.75, 3.05) is 18.5 Å². The summed E-state index contributed by atoms with van der Waals surface area (Å²) in [4.78, 5) is 24.0. The number of aliphatic hydroxyl groups is 1. The van der Waals surface area contributed by atoms with Gasteiger partial charge in [0, 0.05) is 37.2 Å². The van der Waals surface area contributed by atoms with Crippen molar-refractivity contribution in [3.05, 3.63) is 63.0 Å². The number of benzene rings is 1. The molecule has 2 aromatic heterocycles. The lowest BCUT2D eigenvalue weighted by Crippen LogP contribution is -2.38. The first-order valence-corrected chi connectivity index (χ1v) is 10.2. The minimum Gasteiger partial charge on any atom is -0.385 e. The lowest BCUT2D eigenvalue weighted by atomic mass is 9.87. The van der Waals surface area contributed by atoms with Crippen molar-refractivity contribution in [2.45, 2.75) is 44.8 Å². The third kappa shape index (κ3) is 4.07. The van der Waals surface area contributed by atoms with E-state index in [1.807, 2.05) is 0 Å². The Morgan fingerprint density at radius 2 is 1.91 bits per heavy atom. The van der Waals surface area contributed by atoms with Crippen LogP contribution in [-0.4, -0.2) is 33.3 Å². The van der Waals surface area contributed by atoms with E-state index in [9.17, 15) is 23.1 Å². The monoisotopic (exact) mass is 448 g/mol. The number of aryl methyl sites for hydroxylation is 1. The molecule has 4 rings (SSSR count). The van der Waals surface area contributed by atoms with Crippen LogP contribution in [0.25, 0.3) is 11.0 Å². The van der Waals surface area contributed by atoms with E-state index in [-0.39, 0.29) is 35.4 Å². The minimum absolute atomic E-state index is 0.0555. The average molecular weight is 448 g/mol. The van der Waals surface area contributed by atoms with Crippen molar-refractivity contribution < 1.29 is 23.0 Å². The van der Waals surface area contributed by atoms with E-state index < -0.39 is 35.0 Å². The summed E-state index contributed by atoms with van der Waals surface area (Å²) in [6.07, 6.45) is -2.41. The quantitative estimate of drug-likeness (QED) is 0.548. The van der Waals surface area contributed by atoms with Crippen LogP contribution in [0.3, 0.4) is 0 Å². The first-order chi connectivity index (χ1) is 15.2. The van der Waals surface area contributed by atoms with Crippen LogP contribution in [0.4, 0.5) is 19.0 Å². The van der Waals surface area contributed by atoms with E-state index in [1.165, 1.54) is 18.2 Å². The van der Waals surface area contributed by atoms with Crippen molar-refractivity contribution >= 4 is 16.9 Å². The second-order valence-corrected chi connectivity index (χ2v) is 7.95. The maximum absolute atomic E-state index is 14.6. The number of anilines is 1. The summed E-state index contributed by atoms with van der Waals surface area (Å²) in [6, 6.07) is 4.66. The standard InChI is InChI=1S/C22H23F3N4O3/c1-11(13-4-3-5-14(17(13)23)18(24)25)26-19-15-10-16(22(31)6-8-32-9-7-22)21(30)29-20(15)28-12(2)27-19/h3-5,10-11,18,31H,6-9H2,1-2H3,(H2,26,27,28,29,30)/t11-/m1/s1. The molecule has 0 aliphatic carbocycles. The largest absolute Gasteiger partial charge is 0.385 e. The van der Waals surface area contributed by atoms with Gasteiger partial charge in [-0.3, -0.25) is 4.79 Å². The fraction of sp³-hybridized carbons (Fsp3) is 0.409. The van der Waals surface area contributed by atoms with E-state index in [0.717, 1.165) is 6.07 Å². The molecule has 1 aliphatic rings. The van der Waals surface area contributed by atoms with Gasteiger partial charge in [0.25, 0.3) is 12.0 Å². The van der Waals surface area contributed by atoms with Crippen LogP contribution in [0.5, 0.6) is 0 Å². The predicted molar refractivity (Wildman–Crippen MR) is 112 cm³/mol. The molecule has 1 aliphatic heterocycles. The first kappa shape index (κ1) is 22.2. The second kappa shape index (κ2) is 8.51. The van der Waals surface area contributed by atoms with Gasteiger partial charge >= 0.3 is 0 Å². The van der Waals surface area contributed by atoms with Gasteiger partial charge in [-0.1, -0.05) is 18.2 Å². The van der Waals surface area contributed by atoms with E-state index >= 15 is 0 Å². The molecule has 170 valence electrons. The van der Waals surface area contributed by atoms with Gasteiger partial charge in [0.15, 0.2) is 0 Å². The van der Waals surface area contributed by atoms with Crippen molar-refractivity contribution in [3.63, 3.8) is 0 Å². The molecule has 0 amide bonds. The topological polar surface area (TPSA) is 100 Å². The van der Waals surface area contributed by atoms with E-state index in [1.54, 1.807) is 13.8 Å². The molecule has 7 nitrogen and oxygen atoms in total. The Morgan fingerprint density at radius 3 is 2.59 bits per heavy atom. The molecule has 1 aromatic carbocycles. The molecule has 3 N–H and O–H groups in total. The Balaban J connectivity index is 1.78. The molecule has 1 atom stereocenters. The number of alkyl halides is 2. The van der Waals surface area contributed by atoms with Crippen molar-refractivity contribution in [3.8, 4) is 0 Å². The van der Waals surface area contributed by atoms with Crippen LogP contribution < -0.4 is 10.9 Å². The summed E-state index contributed by atoms with van der Waals surface area (Å²) in [6.45, 7) is 3.89. The second-order valence-electron chi connectivity index (χ2n) is 7.95. The maximum Gasteiger partial charge on any atom is 0.266 e. The van der Waals surface area contributed by atoms with Crippen molar-refractivity contribution in [1.82, 2.24) is 15.0 Å². The lowest BCUT2D eigenvalue weighted by Gasteiger charge is -2.31. The molecule has 0 saturated carbocycles. The maximum atomic E-state index is 14.6. The van der Waals surface area contributed by atoms with Gasteiger partial charge in [0.05, 0.1) is 22.6 Å². The number of aromatic amines is 1. The van der Waals surface area contributed by atoms with Gasteiger partial charge in [-0.15, -0.1) is 0 Å². The molecule has 3 heterocycles. The highest BCUT2D eigenvalue weighted by Crippen LogP contribution is 2.33. The number of rotatable bonds is 5. The highest BCUT2D eigenvalue weighted by molar-refractivity contribution is 5.87. The molecular weight excluding hydrogens is 425 g/mol. The van der Waals surface area contributed by atoms with Gasteiger partial charge in [0.1, 0.15) is 23.1 Å². The molecule has 0 radical (unpaired) electrons. The number of fused-ring (bicyclic) bond motifs is 1. The number of ether oxygens (including phenoxy) is 1. The molecule has 32 heavy (non-hydrogen) atoms. The number of hydrogen-bond acceptors (Lipinski definition) is 6. The SMILES string of the molecule is Cc1nc(N[C@H](C)c2cccc(C(F)F)c2F)c2cc(C3(O)CCOCC3)c(=O)[nH]c2n1. The number of halogens is 3. The molecular formula is C22H23F3N4O3. The number of nitrogens with zero attached hydrogens (tertiary/aromatic N) is 2. The van der Waals surface area contributed by atoms with Gasteiger partial charge in [0.2, 0.25) is 0 Å². The molecule has 10 heteroatoms. The zero-order valence-electron chi connectivity index (χ0n) is 17.6. The zero-order chi connectivity index (χ0) is 23.0. The fourth-order valence-electron chi connectivity index (χ4n) is 3.99. The third-order valence-corrected chi connectivity index (χ3v) is 5.76. The van der Waals surface area contributed by atoms with Crippen LogP contribution >= 0.6 is 0 Å². The Hall–Kier alpha value is -2.98. The van der Waals surface area contributed by atoms with Crippen LogP contribution in [0, 0.1) is 12.7 Å². The van der Waals surface area contributed by atoms with E-state index in [2.05, 4.69) is 20.3 Å². The molecule has 0 bridgehead atoms. The zero-order valence-corrected chi connectivity index (χ0v) is 17.6. The Bertz CT molecular complexity index is 1210. The van der Waals surface area contributed by atoms with Gasteiger partial charge in [-0.05, 0) is 19.9 Å². The van der Waals surface area contributed by atoms with Crippen LogP contribution in [0.15, 0.2) is 29.1 Å². The lowest BCUT2D eigenvalue weighted by molar-refractivity contribution is -0.0686. The van der Waals surface area contributed by atoms with Gasteiger partial charge in [-0.2, -0.15) is 0 Å². The smallest absolute Gasteiger partial charge is 0.266 e. The van der Waals surface area contributed by atoms with Gasteiger partial charge < -0.3 is 20.1 Å². The van der Waals surface area contributed by atoms with Crippen LogP contribution in [0.1, 0.15) is 54.7 Å². The number of hydrogen-bond donors (Lipinski definition) is 3. The number of H-pyrrole nitrogens is 1. The minimum atomic E-state index is -2.93. The highest BCUT2D eigenvalue weighted by atomic mass is 19.3. The number of pyridine rings is 1. The summed E-state index contributed by atoms with van der Waals surface area (Å²) in [5.41, 5.74) is -2.02. The average Bonchev–Trinajstić information content (AvgIpc) is 2.73.